The van der Waals surface area contributed by atoms with Crippen LogP contribution in [0.25, 0.3) is 0 Å². The molecule has 1 unspecified atom stereocenters. The molecule has 1 aliphatic heterocycles. The predicted molar refractivity (Wildman–Crippen MR) is 94.9 cm³/mol. The van der Waals surface area contributed by atoms with Gasteiger partial charge in [0, 0.05) is 30.5 Å². The number of aromatic nitrogens is 1. The smallest absolute Gasteiger partial charge is 0.254 e. The first-order valence-corrected chi connectivity index (χ1v) is 8.41. The first-order chi connectivity index (χ1) is 12.1. The maximum Gasteiger partial charge on any atom is 0.254 e. The Morgan fingerprint density at radius 2 is 1.84 bits per heavy atom. The van der Waals surface area contributed by atoms with Crippen LogP contribution in [-0.2, 0) is 6.54 Å². The van der Waals surface area contributed by atoms with Gasteiger partial charge in [0.2, 0.25) is 0 Å². The van der Waals surface area contributed by atoms with Crippen LogP contribution in [-0.4, -0.2) is 21.9 Å². The van der Waals surface area contributed by atoms with Crippen molar-refractivity contribution in [2.45, 2.75) is 19.5 Å². The molecule has 2 aromatic carbocycles. The summed E-state index contributed by atoms with van der Waals surface area (Å²) < 4.78 is 15.8. The molecule has 2 heterocycles. The summed E-state index contributed by atoms with van der Waals surface area (Å²) in [5.41, 5.74) is 3.71. The number of carbonyl (C=O) groups excluding carboxylic acids is 1. The molecule has 4 heteroatoms. The summed E-state index contributed by atoms with van der Waals surface area (Å²) in [4.78, 5) is 14.9. The van der Waals surface area contributed by atoms with E-state index in [0.717, 1.165) is 17.8 Å². The second-order valence-corrected chi connectivity index (χ2v) is 6.45. The standard InChI is InChI=1S/C21H19FN2O/c1-15-7-9-16(10-8-15)20-19-6-3-11-23(19)12-13-24(20)21(25)17-4-2-5-18(22)14-17/h2-11,14,20H,12-13H2,1H3. The molecule has 25 heavy (non-hydrogen) atoms. The molecule has 0 N–H and O–H groups in total. The Labute approximate surface area is 146 Å². The normalized spacial score (nSPS) is 16.6. The van der Waals surface area contributed by atoms with Crippen LogP contribution in [0.15, 0.2) is 66.9 Å². The zero-order valence-electron chi connectivity index (χ0n) is 14.0. The van der Waals surface area contributed by atoms with Crippen LogP contribution < -0.4 is 0 Å². The summed E-state index contributed by atoms with van der Waals surface area (Å²) in [6, 6.07) is 18.1. The fourth-order valence-corrected chi connectivity index (χ4v) is 3.49. The lowest BCUT2D eigenvalue weighted by molar-refractivity contribution is 0.0663. The summed E-state index contributed by atoms with van der Waals surface area (Å²) in [6.07, 6.45) is 2.04. The number of fused-ring (bicyclic) bond motifs is 1. The van der Waals surface area contributed by atoms with Gasteiger partial charge in [-0.25, -0.2) is 4.39 Å². The van der Waals surface area contributed by atoms with Crippen LogP contribution in [0.2, 0.25) is 0 Å². The van der Waals surface area contributed by atoms with E-state index in [9.17, 15) is 9.18 Å². The molecule has 0 saturated carbocycles. The molecule has 4 rings (SSSR count). The summed E-state index contributed by atoms with van der Waals surface area (Å²) in [5, 5.41) is 0. The molecule has 1 atom stereocenters. The van der Waals surface area contributed by atoms with Gasteiger partial charge in [-0.2, -0.15) is 0 Å². The highest BCUT2D eigenvalue weighted by atomic mass is 19.1. The average molecular weight is 334 g/mol. The molecular formula is C21H19FN2O. The molecule has 0 bridgehead atoms. The predicted octanol–water partition coefficient (Wildman–Crippen LogP) is 4.18. The monoisotopic (exact) mass is 334 g/mol. The fraction of sp³-hybridized carbons (Fsp3) is 0.190. The van der Waals surface area contributed by atoms with E-state index in [1.165, 1.54) is 17.7 Å². The minimum atomic E-state index is -0.391. The SMILES string of the molecule is Cc1ccc(C2c3cccn3CCN2C(=O)c2cccc(F)c2)cc1. The molecule has 0 spiro atoms. The van der Waals surface area contributed by atoms with Gasteiger partial charge in [0.15, 0.2) is 0 Å². The summed E-state index contributed by atoms with van der Waals surface area (Å²) in [7, 11) is 0. The quantitative estimate of drug-likeness (QED) is 0.690. The second kappa shape index (κ2) is 6.20. The van der Waals surface area contributed by atoms with Crippen LogP contribution in [0.1, 0.15) is 33.2 Å². The first-order valence-electron chi connectivity index (χ1n) is 8.41. The Morgan fingerprint density at radius 1 is 1.04 bits per heavy atom. The zero-order chi connectivity index (χ0) is 17.4. The van der Waals surface area contributed by atoms with Gasteiger partial charge in [-0.1, -0.05) is 35.9 Å². The number of hydrogen-bond donors (Lipinski definition) is 0. The summed E-state index contributed by atoms with van der Waals surface area (Å²) in [6.45, 7) is 3.38. The van der Waals surface area contributed by atoms with Crippen LogP contribution in [0.3, 0.4) is 0 Å². The van der Waals surface area contributed by atoms with Gasteiger partial charge < -0.3 is 9.47 Å². The van der Waals surface area contributed by atoms with E-state index in [4.69, 9.17) is 0 Å². The van der Waals surface area contributed by atoms with Gasteiger partial charge in [0.25, 0.3) is 5.91 Å². The third kappa shape index (κ3) is 2.84. The Balaban J connectivity index is 1.78. The van der Waals surface area contributed by atoms with E-state index >= 15 is 0 Å². The highest BCUT2D eigenvalue weighted by Crippen LogP contribution is 2.33. The molecule has 1 aromatic heterocycles. The minimum Gasteiger partial charge on any atom is -0.348 e. The molecule has 1 aliphatic rings. The van der Waals surface area contributed by atoms with Gasteiger partial charge in [-0.15, -0.1) is 0 Å². The van der Waals surface area contributed by atoms with Crippen LogP contribution >= 0.6 is 0 Å². The van der Waals surface area contributed by atoms with Crippen molar-refractivity contribution < 1.29 is 9.18 Å². The lowest BCUT2D eigenvalue weighted by atomic mass is 9.98. The lowest BCUT2D eigenvalue weighted by Gasteiger charge is -2.37. The second-order valence-electron chi connectivity index (χ2n) is 6.45. The number of nitrogens with zero attached hydrogens (tertiary/aromatic N) is 2. The van der Waals surface area contributed by atoms with Gasteiger partial charge in [0.1, 0.15) is 5.82 Å². The largest absolute Gasteiger partial charge is 0.348 e. The van der Waals surface area contributed by atoms with Gasteiger partial charge in [0.05, 0.1) is 6.04 Å². The van der Waals surface area contributed by atoms with Crippen LogP contribution in [0.5, 0.6) is 0 Å². The number of rotatable bonds is 2. The molecule has 0 radical (unpaired) electrons. The van der Waals surface area contributed by atoms with Gasteiger partial charge in [-0.3, -0.25) is 4.79 Å². The molecule has 0 fully saturated rings. The number of halogens is 1. The Bertz CT molecular complexity index is 914. The highest BCUT2D eigenvalue weighted by Gasteiger charge is 2.32. The summed E-state index contributed by atoms with van der Waals surface area (Å²) in [5.74, 6) is -0.532. The molecule has 1 amide bonds. The van der Waals surface area contributed by atoms with E-state index in [0.29, 0.717) is 12.1 Å². The number of benzene rings is 2. The Hall–Kier alpha value is -2.88. The van der Waals surface area contributed by atoms with Crippen molar-refractivity contribution in [3.63, 3.8) is 0 Å². The Morgan fingerprint density at radius 3 is 2.60 bits per heavy atom. The number of hydrogen-bond acceptors (Lipinski definition) is 1. The third-order valence-corrected chi connectivity index (χ3v) is 4.76. The van der Waals surface area contributed by atoms with Crippen molar-refractivity contribution in [1.29, 1.82) is 0 Å². The van der Waals surface area contributed by atoms with E-state index in [2.05, 4.69) is 34.9 Å². The third-order valence-electron chi connectivity index (χ3n) is 4.76. The summed E-state index contributed by atoms with van der Waals surface area (Å²) >= 11 is 0. The molecule has 3 nitrogen and oxygen atoms in total. The molecular weight excluding hydrogens is 315 g/mol. The fourth-order valence-electron chi connectivity index (χ4n) is 3.49. The van der Waals surface area contributed by atoms with Crippen molar-refractivity contribution >= 4 is 5.91 Å². The molecule has 126 valence electrons. The van der Waals surface area contributed by atoms with Crippen molar-refractivity contribution in [3.05, 3.63) is 95.1 Å². The van der Waals surface area contributed by atoms with Crippen LogP contribution in [0.4, 0.5) is 4.39 Å². The van der Waals surface area contributed by atoms with Crippen molar-refractivity contribution in [2.24, 2.45) is 0 Å². The molecule has 0 aliphatic carbocycles. The number of amides is 1. The number of carbonyl (C=O) groups is 1. The first kappa shape index (κ1) is 15.6. The zero-order valence-corrected chi connectivity index (χ0v) is 14.0. The Kier molecular flexibility index (Phi) is 3.88. The van der Waals surface area contributed by atoms with Crippen molar-refractivity contribution in [2.75, 3.05) is 6.54 Å². The maximum atomic E-state index is 13.6. The van der Waals surface area contributed by atoms with Crippen molar-refractivity contribution in [1.82, 2.24) is 9.47 Å². The van der Waals surface area contributed by atoms with Gasteiger partial charge >= 0.3 is 0 Å². The van der Waals surface area contributed by atoms with E-state index in [-0.39, 0.29) is 11.9 Å². The number of aryl methyl sites for hydroxylation is 1. The van der Waals surface area contributed by atoms with Crippen molar-refractivity contribution in [3.8, 4) is 0 Å². The van der Waals surface area contributed by atoms with Gasteiger partial charge in [-0.05, 0) is 42.8 Å². The van der Waals surface area contributed by atoms with E-state index in [1.54, 1.807) is 12.1 Å². The lowest BCUT2D eigenvalue weighted by Crippen LogP contribution is -2.42. The maximum absolute atomic E-state index is 13.6. The van der Waals surface area contributed by atoms with Crippen LogP contribution in [0, 0.1) is 12.7 Å². The average Bonchev–Trinajstić information content (AvgIpc) is 3.10. The van der Waals surface area contributed by atoms with E-state index in [1.807, 2.05) is 24.1 Å². The molecule has 0 saturated heterocycles. The highest BCUT2D eigenvalue weighted by molar-refractivity contribution is 5.94. The molecule has 3 aromatic rings. The minimum absolute atomic E-state index is 0.141. The van der Waals surface area contributed by atoms with E-state index < -0.39 is 5.82 Å². The topological polar surface area (TPSA) is 25.2 Å².